The minimum atomic E-state index is 1.30. The average Bonchev–Trinajstić information content (AvgIpc) is 2.86. The molecule has 0 amide bonds. The summed E-state index contributed by atoms with van der Waals surface area (Å²) in [6, 6.07) is 17.4. The number of hydrogen-bond donors (Lipinski definition) is 0. The summed E-state index contributed by atoms with van der Waals surface area (Å²) in [6.45, 7) is 0. The van der Waals surface area contributed by atoms with Crippen molar-refractivity contribution in [3.05, 3.63) is 53.9 Å². The summed E-state index contributed by atoms with van der Waals surface area (Å²) in [5, 5.41) is 3.52. The van der Waals surface area contributed by atoms with Gasteiger partial charge in [-0.05, 0) is 40.8 Å². The minimum Gasteiger partial charge on any atom is -0.143 e. The Balaban J connectivity index is 2.30. The van der Waals surface area contributed by atoms with E-state index in [1.54, 1.807) is 11.8 Å². The van der Waals surface area contributed by atoms with E-state index in [2.05, 4.69) is 60.2 Å². The third kappa shape index (κ3) is 1.99. The van der Waals surface area contributed by atoms with Gasteiger partial charge in [0.15, 0.2) is 0 Å². The molecule has 0 N–H and O–H groups in total. The van der Waals surface area contributed by atoms with Gasteiger partial charge < -0.3 is 0 Å². The van der Waals surface area contributed by atoms with Crippen LogP contribution in [0.15, 0.2) is 58.8 Å². The zero-order valence-electron chi connectivity index (χ0n) is 9.51. The maximum atomic E-state index is 2.29. The van der Waals surface area contributed by atoms with E-state index >= 15 is 0 Å². The first-order valence-electron chi connectivity index (χ1n) is 5.49. The van der Waals surface area contributed by atoms with Gasteiger partial charge in [0.2, 0.25) is 0 Å². The molecule has 17 heavy (non-hydrogen) atoms. The van der Waals surface area contributed by atoms with Gasteiger partial charge in [-0.15, -0.1) is 23.1 Å². The third-order valence-electron chi connectivity index (χ3n) is 2.85. The fraction of sp³-hybridized carbons (Fsp3) is 0.0667. The summed E-state index contributed by atoms with van der Waals surface area (Å²) in [4.78, 5) is 1.33. The molecule has 0 fully saturated rings. The van der Waals surface area contributed by atoms with Crippen LogP contribution in [0.25, 0.3) is 21.2 Å². The Bertz CT molecular complexity index is 638. The molecule has 0 saturated heterocycles. The van der Waals surface area contributed by atoms with E-state index in [0.717, 1.165) is 0 Å². The molecular formula is C15H12S2. The van der Waals surface area contributed by atoms with Crippen molar-refractivity contribution < 1.29 is 0 Å². The summed E-state index contributed by atoms with van der Waals surface area (Å²) in [7, 11) is 0. The normalized spacial score (nSPS) is 10.9. The van der Waals surface area contributed by atoms with Gasteiger partial charge in [-0.1, -0.05) is 30.3 Å². The molecule has 84 valence electrons. The van der Waals surface area contributed by atoms with Crippen molar-refractivity contribution in [2.45, 2.75) is 4.90 Å². The van der Waals surface area contributed by atoms with E-state index in [-0.39, 0.29) is 0 Å². The Morgan fingerprint density at radius 1 is 1.00 bits per heavy atom. The molecule has 0 bridgehead atoms. The highest BCUT2D eigenvalue weighted by Crippen LogP contribution is 2.36. The van der Waals surface area contributed by atoms with Crippen LogP contribution in [0, 0.1) is 0 Å². The van der Waals surface area contributed by atoms with Gasteiger partial charge in [0, 0.05) is 15.2 Å². The van der Waals surface area contributed by atoms with Crippen molar-refractivity contribution in [3.8, 4) is 11.1 Å². The predicted molar refractivity (Wildman–Crippen MR) is 79.0 cm³/mol. The summed E-state index contributed by atoms with van der Waals surface area (Å²) < 4.78 is 1.38. The molecule has 0 saturated carbocycles. The minimum absolute atomic E-state index is 1.30. The van der Waals surface area contributed by atoms with E-state index in [4.69, 9.17) is 0 Å². The largest absolute Gasteiger partial charge is 0.143 e. The van der Waals surface area contributed by atoms with E-state index in [1.807, 2.05) is 11.3 Å². The Labute approximate surface area is 109 Å². The van der Waals surface area contributed by atoms with E-state index in [1.165, 1.54) is 26.1 Å². The molecule has 0 unspecified atom stereocenters. The predicted octanol–water partition coefficient (Wildman–Crippen LogP) is 5.29. The lowest BCUT2D eigenvalue weighted by Crippen LogP contribution is -1.79. The molecule has 0 nitrogen and oxygen atoms in total. The Hall–Kier alpha value is -1.25. The molecule has 0 aliphatic heterocycles. The maximum absolute atomic E-state index is 2.29. The Morgan fingerprint density at radius 3 is 2.59 bits per heavy atom. The molecule has 0 aliphatic rings. The van der Waals surface area contributed by atoms with E-state index < -0.39 is 0 Å². The van der Waals surface area contributed by atoms with E-state index in [9.17, 15) is 0 Å². The van der Waals surface area contributed by atoms with Crippen LogP contribution in [0.3, 0.4) is 0 Å². The maximum Gasteiger partial charge on any atom is 0.0421 e. The molecule has 2 aromatic carbocycles. The van der Waals surface area contributed by atoms with Crippen molar-refractivity contribution in [2.24, 2.45) is 0 Å². The second-order valence-corrected chi connectivity index (χ2v) is 5.68. The van der Waals surface area contributed by atoms with Crippen molar-refractivity contribution in [1.29, 1.82) is 0 Å². The van der Waals surface area contributed by atoms with Crippen molar-refractivity contribution in [3.63, 3.8) is 0 Å². The number of hydrogen-bond acceptors (Lipinski definition) is 2. The molecule has 0 aliphatic carbocycles. The van der Waals surface area contributed by atoms with Crippen LogP contribution in [0.4, 0.5) is 0 Å². The van der Waals surface area contributed by atoms with Crippen LogP contribution < -0.4 is 0 Å². The lowest BCUT2D eigenvalue weighted by atomic mass is 10.0. The summed E-state index contributed by atoms with van der Waals surface area (Å²) in [6.07, 6.45) is 2.13. The fourth-order valence-electron chi connectivity index (χ4n) is 2.00. The Morgan fingerprint density at radius 2 is 1.82 bits per heavy atom. The zero-order chi connectivity index (χ0) is 11.7. The second-order valence-electron chi connectivity index (χ2n) is 3.88. The highest BCUT2D eigenvalue weighted by molar-refractivity contribution is 7.98. The van der Waals surface area contributed by atoms with Crippen LogP contribution in [0.5, 0.6) is 0 Å². The first-order chi connectivity index (χ1) is 8.38. The van der Waals surface area contributed by atoms with E-state index in [0.29, 0.717) is 0 Å². The monoisotopic (exact) mass is 256 g/mol. The van der Waals surface area contributed by atoms with Gasteiger partial charge >= 0.3 is 0 Å². The summed E-state index contributed by atoms with van der Waals surface area (Å²) in [5.74, 6) is 0. The molecule has 1 heterocycles. The molecule has 0 radical (unpaired) electrons. The highest BCUT2D eigenvalue weighted by Gasteiger charge is 2.06. The van der Waals surface area contributed by atoms with Crippen molar-refractivity contribution in [1.82, 2.24) is 0 Å². The number of thiophene rings is 1. The summed E-state index contributed by atoms with van der Waals surface area (Å²) in [5.41, 5.74) is 2.65. The second kappa shape index (κ2) is 4.55. The summed E-state index contributed by atoms with van der Waals surface area (Å²) >= 11 is 3.62. The molecule has 0 atom stereocenters. The van der Waals surface area contributed by atoms with Crippen LogP contribution in [-0.4, -0.2) is 6.26 Å². The standard InChI is InChI=1S/C15H12S2/c1-16-13-9-12-7-8-17-15(12)14(10-13)11-5-3-2-4-6-11/h2-10H,1H3. The smallest absolute Gasteiger partial charge is 0.0421 e. The first-order valence-corrected chi connectivity index (χ1v) is 7.59. The number of thioether (sulfide) groups is 1. The van der Waals surface area contributed by atoms with Crippen LogP contribution in [0.1, 0.15) is 0 Å². The lowest BCUT2D eigenvalue weighted by Gasteiger charge is -2.06. The molecular weight excluding hydrogens is 244 g/mol. The first kappa shape index (κ1) is 10.9. The van der Waals surface area contributed by atoms with Crippen LogP contribution in [-0.2, 0) is 0 Å². The third-order valence-corrected chi connectivity index (χ3v) is 4.52. The molecule has 3 aromatic rings. The SMILES string of the molecule is CSc1cc(-c2ccccc2)c2sccc2c1. The molecule has 1 aromatic heterocycles. The average molecular weight is 256 g/mol. The highest BCUT2D eigenvalue weighted by atomic mass is 32.2. The quantitative estimate of drug-likeness (QED) is 0.561. The molecule has 2 heteroatoms. The fourth-order valence-corrected chi connectivity index (χ4v) is 3.40. The van der Waals surface area contributed by atoms with Gasteiger partial charge in [-0.25, -0.2) is 0 Å². The van der Waals surface area contributed by atoms with Gasteiger partial charge in [0.25, 0.3) is 0 Å². The number of fused-ring (bicyclic) bond motifs is 1. The van der Waals surface area contributed by atoms with Crippen LogP contribution >= 0.6 is 23.1 Å². The van der Waals surface area contributed by atoms with Crippen molar-refractivity contribution in [2.75, 3.05) is 6.26 Å². The van der Waals surface area contributed by atoms with Gasteiger partial charge in [-0.2, -0.15) is 0 Å². The molecule has 0 spiro atoms. The van der Waals surface area contributed by atoms with Crippen molar-refractivity contribution >= 4 is 33.2 Å². The zero-order valence-corrected chi connectivity index (χ0v) is 11.1. The molecule has 3 rings (SSSR count). The lowest BCUT2D eigenvalue weighted by molar-refractivity contribution is 1.51. The van der Waals surface area contributed by atoms with Gasteiger partial charge in [0.05, 0.1) is 0 Å². The van der Waals surface area contributed by atoms with Gasteiger partial charge in [-0.3, -0.25) is 0 Å². The number of rotatable bonds is 2. The topological polar surface area (TPSA) is 0 Å². The van der Waals surface area contributed by atoms with Crippen LogP contribution in [0.2, 0.25) is 0 Å². The van der Waals surface area contributed by atoms with Gasteiger partial charge in [0.1, 0.15) is 0 Å². The number of benzene rings is 2. The Kier molecular flexibility index (Phi) is 2.91.